The van der Waals surface area contributed by atoms with Crippen LogP contribution in [0.5, 0.6) is 0 Å². The van der Waals surface area contributed by atoms with Crippen molar-refractivity contribution >= 4 is 29.9 Å². The highest BCUT2D eigenvalue weighted by molar-refractivity contribution is 14.0. The molecule has 0 aliphatic carbocycles. The SMILES string of the molecule is CCNC(=NCc1ccccn1)NCC(c1ccco1)N1CCCC1.I. The summed E-state index contributed by atoms with van der Waals surface area (Å²) in [5.74, 6) is 1.82. The molecule has 6 nitrogen and oxygen atoms in total. The van der Waals surface area contributed by atoms with E-state index in [2.05, 4.69) is 38.5 Å². The van der Waals surface area contributed by atoms with E-state index in [0.717, 1.165) is 43.6 Å². The number of aliphatic imine (C=N–C) groups is 1. The molecule has 2 aromatic rings. The molecule has 1 saturated heterocycles. The Morgan fingerprint density at radius 1 is 1.23 bits per heavy atom. The molecule has 1 atom stereocenters. The number of guanidine groups is 1. The molecule has 1 aliphatic rings. The molecule has 142 valence electrons. The van der Waals surface area contributed by atoms with E-state index in [1.165, 1.54) is 12.8 Å². The number of aromatic nitrogens is 1. The zero-order chi connectivity index (χ0) is 17.3. The third kappa shape index (κ3) is 5.98. The quantitative estimate of drug-likeness (QED) is 0.371. The number of furan rings is 1. The van der Waals surface area contributed by atoms with Gasteiger partial charge in [-0.2, -0.15) is 0 Å². The fourth-order valence-electron chi connectivity index (χ4n) is 3.13. The molecule has 1 unspecified atom stereocenters. The molecule has 2 N–H and O–H groups in total. The zero-order valence-corrected chi connectivity index (χ0v) is 17.6. The molecular weight excluding hydrogens is 441 g/mol. The van der Waals surface area contributed by atoms with Crippen LogP contribution in [0.15, 0.2) is 52.2 Å². The fourth-order valence-corrected chi connectivity index (χ4v) is 3.13. The predicted octanol–water partition coefficient (Wildman–Crippen LogP) is 3.18. The first kappa shape index (κ1) is 20.7. The topological polar surface area (TPSA) is 65.7 Å². The summed E-state index contributed by atoms with van der Waals surface area (Å²) >= 11 is 0. The van der Waals surface area contributed by atoms with Crippen LogP contribution in [-0.4, -0.2) is 42.0 Å². The lowest BCUT2D eigenvalue weighted by atomic mass is 10.2. The summed E-state index contributed by atoms with van der Waals surface area (Å²) in [5.41, 5.74) is 0.960. The predicted molar refractivity (Wildman–Crippen MR) is 115 cm³/mol. The second-order valence-corrected chi connectivity index (χ2v) is 6.17. The second kappa shape index (κ2) is 11.2. The lowest BCUT2D eigenvalue weighted by molar-refractivity contribution is 0.215. The Bertz CT molecular complexity index is 641. The molecule has 0 spiro atoms. The first-order valence-electron chi connectivity index (χ1n) is 9.06. The van der Waals surface area contributed by atoms with Crippen LogP contribution in [0.3, 0.4) is 0 Å². The van der Waals surface area contributed by atoms with Crippen LogP contribution in [-0.2, 0) is 6.54 Å². The van der Waals surface area contributed by atoms with E-state index in [0.29, 0.717) is 6.54 Å². The first-order valence-corrected chi connectivity index (χ1v) is 9.06. The van der Waals surface area contributed by atoms with E-state index in [-0.39, 0.29) is 30.0 Å². The number of hydrogen-bond donors (Lipinski definition) is 2. The molecular formula is C19H28IN5O. The highest BCUT2D eigenvalue weighted by Crippen LogP contribution is 2.24. The molecule has 2 aromatic heterocycles. The average Bonchev–Trinajstić information content (AvgIpc) is 3.35. The van der Waals surface area contributed by atoms with Gasteiger partial charge in [-0.15, -0.1) is 24.0 Å². The molecule has 7 heteroatoms. The standard InChI is InChI=1S/C19H27N5O.HI/c1-2-20-19(22-14-16-8-3-4-10-21-16)23-15-17(18-9-7-13-25-18)24-11-5-6-12-24;/h3-4,7-10,13,17H,2,5-6,11-12,14-15H2,1H3,(H2,20,22,23);1H. The number of rotatable bonds is 7. The molecule has 0 bridgehead atoms. The monoisotopic (exact) mass is 469 g/mol. The van der Waals surface area contributed by atoms with E-state index in [9.17, 15) is 0 Å². The van der Waals surface area contributed by atoms with Crippen molar-refractivity contribution in [2.45, 2.75) is 32.4 Å². The van der Waals surface area contributed by atoms with Crippen molar-refractivity contribution in [3.63, 3.8) is 0 Å². The van der Waals surface area contributed by atoms with Crippen LogP contribution in [0.1, 0.15) is 37.3 Å². The zero-order valence-electron chi connectivity index (χ0n) is 15.2. The van der Waals surface area contributed by atoms with Gasteiger partial charge in [-0.05, 0) is 57.1 Å². The first-order chi connectivity index (χ1) is 12.4. The Morgan fingerprint density at radius 2 is 2.08 bits per heavy atom. The van der Waals surface area contributed by atoms with Crippen molar-refractivity contribution < 1.29 is 4.42 Å². The van der Waals surface area contributed by atoms with Crippen molar-refractivity contribution in [1.82, 2.24) is 20.5 Å². The van der Waals surface area contributed by atoms with E-state index >= 15 is 0 Å². The van der Waals surface area contributed by atoms with Gasteiger partial charge < -0.3 is 15.1 Å². The minimum atomic E-state index is 0. The highest BCUT2D eigenvalue weighted by atomic mass is 127. The molecule has 1 fully saturated rings. The molecule has 0 amide bonds. The van der Waals surface area contributed by atoms with E-state index in [4.69, 9.17) is 4.42 Å². The van der Waals surface area contributed by atoms with E-state index in [1.54, 1.807) is 12.5 Å². The highest BCUT2D eigenvalue weighted by Gasteiger charge is 2.25. The van der Waals surface area contributed by atoms with Crippen molar-refractivity contribution in [3.05, 3.63) is 54.2 Å². The van der Waals surface area contributed by atoms with Gasteiger partial charge in [-0.25, -0.2) is 4.99 Å². The Labute approximate surface area is 172 Å². The number of nitrogens with one attached hydrogen (secondary N) is 2. The van der Waals surface area contributed by atoms with Crippen molar-refractivity contribution in [2.24, 2.45) is 4.99 Å². The molecule has 3 rings (SSSR count). The summed E-state index contributed by atoms with van der Waals surface area (Å²) in [6, 6.07) is 10.1. The number of pyridine rings is 1. The maximum atomic E-state index is 5.68. The number of nitrogens with zero attached hydrogens (tertiary/aromatic N) is 3. The van der Waals surface area contributed by atoms with Gasteiger partial charge in [0.15, 0.2) is 5.96 Å². The third-order valence-electron chi connectivity index (χ3n) is 4.39. The maximum Gasteiger partial charge on any atom is 0.191 e. The van der Waals surface area contributed by atoms with Gasteiger partial charge in [0.05, 0.1) is 24.5 Å². The number of likely N-dealkylation sites (tertiary alicyclic amines) is 1. The molecule has 0 saturated carbocycles. The van der Waals surface area contributed by atoms with Gasteiger partial charge in [-0.1, -0.05) is 6.07 Å². The summed E-state index contributed by atoms with van der Waals surface area (Å²) in [6.07, 6.45) is 6.06. The summed E-state index contributed by atoms with van der Waals surface area (Å²) in [4.78, 5) is 11.5. The van der Waals surface area contributed by atoms with Crippen LogP contribution in [0.25, 0.3) is 0 Å². The van der Waals surface area contributed by atoms with Gasteiger partial charge in [0, 0.05) is 19.3 Å². The molecule has 3 heterocycles. The van der Waals surface area contributed by atoms with Gasteiger partial charge in [-0.3, -0.25) is 9.88 Å². The fraction of sp³-hybridized carbons (Fsp3) is 0.474. The van der Waals surface area contributed by atoms with Gasteiger partial charge in [0.2, 0.25) is 0 Å². The Balaban J connectivity index is 0.00000243. The summed E-state index contributed by atoms with van der Waals surface area (Å²) < 4.78 is 5.68. The lowest BCUT2D eigenvalue weighted by Gasteiger charge is -2.26. The van der Waals surface area contributed by atoms with Crippen LogP contribution >= 0.6 is 24.0 Å². The van der Waals surface area contributed by atoms with Gasteiger partial charge in [0.25, 0.3) is 0 Å². The smallest absolute Gasteiger partial charge is 0.191 e. The molecule has 26 heavy (non-hydrogen) atoms. The van der Waals surface area contributed by atoms with Crippen LogP contribution in [0.4, 0.5) is 0 Å². The normalized spacial score (nSPS) is 16.1. The molecule has 1 aliphatic heterocycles. The largest absolute Gasteiger partial charge is 0.468 e. The number of halogens is 1. The van der Waals surface area contributed by atoms with Crippen molar-refractivity contribution in [2.75, 3.05) is 26.2 Å². The molecule has 0 aromatic carbocycles. The Morgan fingerprint density at radius 3 is 2.73 bits per heavy atom. The van der Waals surface area contributed by atoms with E-state index in [1.807, 2.05) is 24.3 Å². The van der Waals surface area contributed by atoms with Crippen LogP contribution in [0, 0.1) is 0 Å². The summed E-state index contributed by atoms with van der Waals surface area (Å²) in [5, 5.41) is 6.77. The van der Waals surface area contributed by atoms with Crippen molar-refractivity contribution in [3.8, 4) is 0 Å². The maximum absolute atomic E-state index is 5.68. The van der Waals surface area contributed by atoms with Crippen molar-refractivity contribution in [1.29, 1.82) is 0 Å². The summed E-state index contributed by atoms with van der Waals surface area (Å²) in [6.45, 7) is 6.46. The lowest BCUT2D eigenvalue weighted by Crippen LogP contribution is -2.42. The van der Waals surface area contributed by atoms with Crippen LogP contribution < -0.4 is 10.6 Å². The van der Waals surface area contributed by atoms with E-state index < -0.39 is 0 Å². The van der Waals surface area contributed by atoms with Crippen LogP contribution in [0.2, 0.25) is 0 Å². The average molecular weight is 469 g/mol. The third-order valence-corrected chi connectivity index (χ3v) is 4.39. The minimum absolute atomic E-state index is 0. The minimum Gasteiger partial charge on any atom is -0.468 e. The summed E-state index contributed by atoms with van der Waals surface area (Å²) in [7, 11) is 0. The number of hydrogen-bond acceptors (Lipinski definition) is 4. The molecule has 0 radical (unpaired) electrons. The van der Waals surface area contributed by atoms with Gasteiger partial charge in [0.1, 0.15) is 5.76 Å². The Kier molecular flexibility index (Phi) is 8.90. The van der Waals surface area contributed by atoms with Gasteiger partial charge >= 0.3 is 0 Å². The second-order valence-electron chi connectivity index (χ2n) is 6.17. The Hall–Kier alpha value is -1.61.